The van der Waals surface area contributed by atoms with Gasteiger partial charge < -0.3 is 29.9 Å². The van der Waals surface area contributed by atoms with E-state index in [9.17, 15) is 14.7 Å². The molecule has 3 atom stereocenters. The highest BCUT2D eigenvalue weighted by molar-refractivity contribution is 5.90. The van der Waals surface area contributed by atoms with Gasteiger partial charge in [0, 0.05) is 37.1 Å². The zero-order valence-corrected chi connectivity index (χ0v) is 22.7. The minimum absolute atomic E-state index is 0.0123. The molecule has 1 amide bonds. The van der Waals surface area contributed by atoms with Crippen molar-refractivity contribution >= 4 is 17.6 Å². The van der Waals surface area contributed by atoms with E-state index in [1.807, 2.05) is 48.5 Å². The van der Waals surface area contributed by atoms with Gasteiger partial charge in [0.1, 0.15) is 0 Å². The highest BCUT2D eigenvalue weighted by Crippen LogP contribution is 2.38. The Balaban J connectivity index is 1.38. The Kier molecular flexibility index (Phi) is 11.3. The number of aliphatic hydroxyl groups is 1. The molecule has 2 aliphatic heterocycles. The largest absolute Gasteiger partial charge is 0.481 e. The molecule has 8 heteroatoms. The van der Waals surface area contributed by atoms with E-state index >= 15 is 0 Å². The Morgan fingerprint density at radius 1 is 0.897 bits per heavy atom. The molecule has 2 aliphatic rings. The van der Waals surface area contributed by atoms with Crippen LogP contribution in [-0.2, 0) is 25.7 Å². The van der Waals surface area contributed by atoms with Crippen LogP contribution >= 0.6 is 0 Å². The van der Waals surface area contributed by atoms with Crippen molar-refractivity contribution < 1.29 is 29.3 Å². The van der Waals surface area contributed by atoms with E-state index < -0.39 is 12.3 Å². The van der Waals surface area contributed by atoms with Gasteiger partial charge in [0.15, 0.2) is 6.29 Å². The number of rotatable bonds is 13. The monoisotopic (exact) mass is 538 g/mol. The maximum Gasteiger partial charge on any atom is 0.303 e. The zero-order chi connectivity index (χ0) is 27.5. The molecule has 3 unspecified atom stereocenters. The molecule has 2 saturated heterocycles. The second-order valence-electron chi connectivity index (χ2n) is 10.7. The van der Waals surface area contributed by atoms with Gasteiger partial charge in [0.05, 0.1) is 18.8 Å². The Morgan fingerprint density at radius 2 is 1.64 bits per heavy atom. The Hall–Kier alpha value is -2.78. The van der Waals surface area contributed by atoms with Crippen molar-refractivity contribution in [1.29, 1.82) is 0 Å². The molecule has 0 bridgehead atoms. The summed E-state index contributed by atoms with van der Waals surface area (Å²) in [4.78, 5) is 25.6. The molecule has 3 N–H and O–H groups in total. The molecule has 212 valence electrons. The fraction of sp³-hybridized carbons (Fsp3) is 0.548. The van der Waals surface area contributed by atoms with Gasteiger partial charge in [0.25, 0.3) is 0 Å². The quantitative estimate of drug-likeness (QED) is 0.286. The topological polar surface area (TPSA) is 108 Å². The minimum Gasteiger partial charge on any atom is -0.481 e. The maximum absolute atomic E-state index is 12.5. The van der Waals surface area contributed by atoms with E-state index in [2.05, 4.69) is 10.2 Å². The standard InChI is InChI=1S/C31H42N2O6/c34-22-23-13-15-24(16-14-23)28-20-27(21-33-17-6-3-7-18-33)38-31(39-28)25-9-8-10-26(19-25)32-29(35)11-4-1-2-5-12-30(36)37/h8-10,13-16,19,27-28,31,34H,1-7,11-12,17-18,20-22H2,(H,32,35)(H,36,37). The normalized spacial score (nSPS) is 21.9. The number of carboxylic acids is 1. The molecule has 0 radical (unpaired) electrons. The van der Waals surface area contributed by atoms with Crippen LogP contribution in [0.5, 0.6) is 0 Å². The first-order valence-corrected chi connectivity index (χ1v) is 14.3. The van der Waals surface area contributed by atoms with Gasteiger partial charge >= 0.3 is 5.97 Å². The van der Waals surface area contributed by atoms with Crippen molar-refractivity contribution in [2.24, 2.45) is 0 Å². The molecule has 2 aromatic carbocycles. The summed E-state index contributed by atoms with van der Waals surface area (Å²) in [6.07, 6.45) is 7.43. The predicted molar refractivity (Wildman–Crippen MR) is 149 cm³/mol. The van der Waals surface area contributed by atoms with Gasteiger partial charge in [0.2, 0.25) is 5.91 Å². The summed E-state index contributed by atoms with van der Waals surface area (Å²) in [7, 11) is 0. The highest BCUT2D eigenvalue weighted by Gasteiger charge is 2.33. The van der Waals surface area contributed by atoms with E-state index in [4.69, 9.17) is 14.6 Å². The van der Waals surface area contributed by atoms with Crippen LogP contribution in [0.2, 0.25) is 0 Å². The molecule has 39 heavy (non-hydrogen) atoms. The molecule has 2 aromatic rings. The summed E-state index contributed by atoms with van der Waals surface area (Å²) in [6.45, 7) is 3.08. The minimum atomic E-state index is -0.776. The van der Waals surface area contributed by atoms with Crippen LogP contribution in [0.1, 0.15) is 93.3 Å². The number of carbonyl (C=O) groups is 2. The molecular formula is C31H42N2O6. The van der Waals surface area contributed by atoms with Gasteiger partial charge in [-0.15, -0.1) is 0 Å². The fourth-order valence-corrected chi connectivity index (χ4v) is 5.36. The van der Waals surface area contributed by atoms with Crippen LogP contribution in [0.25, 0.3) is 0 Å². The molecule has 0 aliphatic carbocycles. The fourth-order valence-electron chi connectivity index (χ4n) is 5.36. The Morgan fingerprint density at radius 3 is 2.36 bits per heavy atom. The number of ether oxygens (including phenoxy) is 2. The average Bonchev–Trinajstić information content (AvgIpc) is 2.95. The number of hydrogen-bond donors (Lipinski definition) is 3. The van der Waals surface area contributed by atoms with Crippen molar-refractivity contribution in [2.75, 3.05) is 25.0 Å². The van der Waals surface area contributed by atoms with Crippen LogP contribution in [0, 0.1) is 0 Å². The smallest absolute Gasteiger partial charge is 0.303 e. The third-order valence-corrected chi connectivity index (χ3v) is 7.51. The molecule has 4 rings (SSSR count). The molecule has 0 aromatic heterocycles. The van der Waals surface area contributed by atoms with Crippen molar-refractivity contribution in [3.8, 4) is 0 Å². The number of unbranched alkanes of at least 4 members (excludes halogenated alkanes) is 3. The molecule has 2 heterocycles. The number of aliphatic carboxylic acids is 1. The van der Waals surface area contributed by atoms with Gasteiger partial charge in [-0.05, 0) is 62.0 Å². The maximum atomic E-state index is 12.5. The molecule has 0 saturated carbocycles. The van der Waals surface area contributed by atoms with Gasteiger partial charge in [-0.3, -0.25) is 9.59 Å². The van der Waals surface area contributed by atoms with E-state index in [0.29, 0.717) is 18.5 Å². The summed E-state index contributed by atoms with van der Waals surface area (Å²) >= 11 is 0. The van der Waals surface area contributed by atoms with Crippen molar-refractivity contribution in [3.63, 3.8) is 0 Å². The second-order valence-corrected chi connectivity index (χ2v) is 10.7. The van der Waals surface area contributed by atoms with Crippen LogP contribution in [-0.4, -0.2) is 52.7 Å². The number of likely N-dealkylation sites (tertiary alicyclic amines) is 1. The third-order valence-electron chi connectivity index (χ3n) is 7.51. The SMILES string of the molecule is O=C(O)CCCCCCC(=O)Nc1cccc(C2OC(CN3CCCCC3)CC(c3ccc(CO)cc3)O2)c1. The summed E-state index contributed by atoms with van der Waals surface area (Å²) < 4.78 is 13.0. The number of carbonyl (C=O) groups excluding carboxylic acids is 1. The number of nitrogens with zero attached hydrogens (tertiary/aromatic N) is 1. The zero-order valence-electron chi connectivity index (χ0n) is 22.7. The van der Waals surface area contributed by atoms with Crippen LogP contribution in [0.4, 0.5) is 5.69 Å². The van der Waals surface area contributed by atoms with Gasteiger partial charge in [-0.1, -0.05) is 55.7 Å². The molecule has 8 nitrogen and oxygen atoms in total. The lowest BCUT2D eigenvalue weighted by molar-refractivity contribution is -0.253. The first kappa shape index (κ1) is 29.2. The van der Waals surface area contributed by atoms with E-state index in [0.717, 1.165) is 62.0 Å². The van der Waals surface area contributed by atoms with E-state index in [-0.39, 0.29) is 31.1 Å². The lowest BCUT2D eigenvalue weighted by atomic mass is 9.99. The summed E-state index contributed by atoms with van der Waals surface area (Å²) in [5.41, 5.74) is 3.51. The number of benzene rings is 2. The van der Waals surface area contributed by atoms with Crippen molar-refractivity contribution in [1.82, 2.24) is 4.90 Å². The van der Waals surface area contributed by atoms with Crippen molar-refractivity contribution in [2.45, 2.75) is 89.3 Å². The Bertz CT molecular complexity index is 1050. The first-order chi connectivity index (χ1) is 19.0. The number of piperidine rings is 1. The summed E-state index contributed by atoms with van der Waals surface area (Å²) in [5.74, 6) is -0.831. The molecule has 2 fully saturated rings. The number of carboxylic acid groups (broad SMARTS) is 1. The Labute approximate surface area is 231 Å². The second kappa shape index (κ2) is 15.1. The predicted octanol–water partition coefficient (Wildman–Crippen LogP) is 5.57. The number of aliphatic hydroxyl groups excluding tert-OH is 1. The summed E-state index contributed by atoms with van der Waals surface area (Å²) in [6, 6.07) is 15.6. The summed E-state index contributed by atoms with van der Waals surface area (Å²) in [5, 5.41) is 21.1. The lowest BCUT2D eigenvalue weighted by Crippen LogP contribution is -2.41. The van der Waals surface area contributed by atoms with E-state index in [1.54, 1.807) is 0 Å². The van der Waals surface area contributed by atoms with Crippen LogP contribution in [0.3, 0.4) is 0 Å². The lowest BCUT2D eigenvalue weighted by Gasteiger charge is -2.39. The van der Waals surface area contributed by atoms with E-state index in [1.165, 1.54) is 19.3 Å². The first-order valence-electron chi connectivity index (χ1n) is 14.3. The number of anilines is 1. The number of nitrogens with one attached hydrogen (secondary N) is 1. The van der Waals surface area contributed by atoms with Gasteiger partial charge in [-0.25, -0.2) is 0 Å². The van der Waals surface area contributed by atoms with Gasteiger partial charge in [-0.2, -0.15) is 0 Å². The van der Waals surface area contributed by atoms with Crippen LogP contribution in [0.15, 0.2) is 48.5 Å². The van der Waals surface area contributed by atoms with Crippen molar-refractivity contribution in [3.05, 3.63) is 65.2 Å². The highest BCUT2D eigenvalue weighted by atomic mass is 16.7. The van der Waals surface area contributed by atoms with Crippen LogP contribution < -0.4 is 5.32 Å². The average molecular weight is 539 g/mol. The molecular weight excluding hydrogens is 496 g/mol. The number of amides is 1. The third kappa shape index (κ3) is 9.42. The molecule has 0 spiro atoms. The number of hydrogen-bond acceptors (Lipinski definition) is 6.